The van der Waals surface area contributed by atoms with Gasteiger partial charge in [0, 0.05) is 11.5 Å². The third kappa shape index (κ3) is 0.989. The fraction of sp³-hybridized carbons (Fsp3) is 1.00. The fourth-order valence-corrected chi connectivity index (χ4v) is 4.72. The molecule has 4 fully saturated rings. The number of hydrogen-bond acceptors (Lipinski definition) is 2. The molecule has 0 saturated heterocycles. The molecule has 0 spiro atoms. The van der Waals surface area contributed by atoms with E-state index in [2.05, 4.69) is 6.92 Å². The molecule has 0 aromatic carbocycles. The molecule has 4 bridgehead atoms. The summed E-state index contributed by atoms with van der Waals surface area (Å²) >= 11 is 0. The van der Waals surface area contributed by atoms with Gasteiger partial charge in [-0.3, -0.25) is 0 Å². The third-order valence-electron chi connectivity index (χ3n) is 5.22. The van der Waals surface area contributed by atoms with Gasteiger partial charge in [0.15, 0.2) is 0 Å². The van der Waals surface area contributed by atoms with Crippen molar-refractivity contribution in [3.63, 3.8) is 0 Å². The van der Waals surface area contributed by atoms with Crippen LogP contribution in [0.4, 0.5) is 0 Å². The molecule has 0 aliphatic heterocycles. The van der Waals surface area contributed by atoms with Crippen molar-refractivity contribution < 1.29 is 5.11 Å². The van der Waals surface area contributed by atoms with Gasteiger partial charge >= 0.3 is 0 Å². The van der Waals surface area contributed by atoms with Crippen molar-refractivity contribution in [1.29, 1.82) is 0 Å². The molecule has 4 rings (SSSR count). The van der Waals surface area contributed by atoms with Crippen molar-refractivity contribution in [2.75, 3.05) is 0 Å². The van der Waals surface area contributed by atoms with E-state index in [4.69, 9.17) is 5.73 Å². The molecule has 2 nitrogen and oxygen atoms in total. The third-order valence-corrected chi connectivity index (χ3v) is 5.22. The molecule has 80 valence electrons. The summed E-state index contributed by atoms with van der Waals surface area (Å²) < 4.78 is 0. The topological polar surface area (TPSA) is 46.2 Å². The van der Waals surface area contributed by atoms with Crippen LogP contribution in [-0.2, 0) is 0 Å². The minimum absolute atomic E-state index is 0.0920. The van der Waals surface area contributed by atoms with E-state index in [1.807, 2.05) is 0 Å². The number of nitrogens with two attached hydrogens (primary N) is 1. The van der Waals surface area contributed by atoms with E-state index in [1.165, 1.54) is 32.1 Å². The quantitative estimate of drug-likeness (QED) is 0.666. The number of aliphatic hydroxyl groups excluding tert-OH is 1. The Morgan fingerprint density at radius 3 is 2.29 bits per heavy atom. The summed E-state index contributed by atoms with van der Waals surface area (Å²) in [7, 11) is 0. The predicted octanol–water partition coefficient (Wildman–Crippen LogP) is 1.52. The Hall–Kier alpha value is -0.0800. The molecule has 0 heterocycles. The number of hydrogen-bond donors (Lipinski definition) is 2. The van der Waals surface area contributed by atoms with Gasteiger partial charge in [-0.25, -0.2) is 0 Å². The predicted molar refractivity (Wildman–Crippen MR) is 55.6 cm³/mol. The summed E-state index contributed by atoms with van der Waals surface area (Å²) in [4.78, 5) is 0. The molecule has 4 saturated carbocycles. The normalized spacial score (nSPS) is 57.6. The summed E-state index contributed by atoms with van der Waals surface area (Å²) in [5.41, 5.74) is 6.21. The number of rotatable bonds is 1. The van der Waals surface area contributed by atoms with E-state index in [-0.39, 0.29) is 17.6 Å². The summed E-state index contributed by atoms with van der Waals surface area (Å²) in [5, 5.41) is 10.4. The van der Waals surface area contributed by atoms with Gasteiger partial charge in [0.2, 0.25) is 0 Å². The Labute approximate surface area is 85.9 Å². The highest BCUT2D eigenvalue weighted by Gasteiger charge is 2.57. The maximum atomic E-state index is 10.4. The van der Waals surface area contributed by atoms with Gasteiger partial charge in [-0.2, -0.15) is 0 Å². The monoisotopic (exact) mass is 195 g/mol. The Morgan fingerprint density at radius 1 is 1.21 bits per heavy atom. The molecule has 4 aliphatic carbocycles. The van der Waals surface area contributed by atoms with E-state index in [0.717, 1.165) is 11.8 Å². The van der Waals surface area contributed by atoms with Crippen molar-refractivity contribution in [3.05, 3.63) is 0 Å². The summed E-state index contributed by atoms with van der Waals surface area (Å²) in [5.74, 6) is 2.33. The maximum Gasteiger partial charge on any atom is 0.0639 e. The molecule has 6 atom stereocenters. The van der Waals surface area contributed by atoms with Crippen LogP contribution < -0.4 is 5.73 Å². The van der Waals surface area contributed by atoms with Crippen LogP contribution in [0.2, 0.25) is 0 Å². The molecule has 2 heteroatoms. The van der Waals surface area contributed by atoms with E-state index in [0.29, 0.717) is 5.92 Å². The lowest BCUT2D eigenvalue weighted by molar-refractivity contribution is -0.163. The van der Waals surface area contributed by atoms with E-state index in [1.54, 1.807) is 0 Å². The summed E-state index contributed by atoms with van der Waals surface area (Å²) in [6, 6.07) is 0.172. The smallest absolute Gasteiger partial charge is 0.0639 e. The highest BCUT2D eigenvalue weighted by molar-refractivity contribution is 5.09. The van der Waals surface area contributed by atoms with Crippen LogP contribution in [0.5, 0.6) is 0 Å². The zero-order valence-electron chi connectivity index (χ0n) is 8.95. The first-order chi connectivity index (χ1) is 6.62. The standard InChI is InChI=1S/C12H21NO/c1-7(13)12-5-8-2-9(6-12)4-10(3-8)11(12)14/h7-11,14H,2-6,13H2,1H3/t7?,8-,9+,10?,11?,12?. The zero-order valence-corrected chi connectivity index (χ0v) is 8.95. The average molecular weight is 195 g/mol. The molecule has 3 N–H and O–H groups in total. The molecule has 0 radical (unpaired) electrons. The van der Waals surface area contributed by atoms with Gasteiger partial charge in [-0.05, 0) is 56.8 Å². The Kier molecular flexibility index (Phi) is 1.79. The van der Waals surface area contributed by atoms with Crippen molar-refractivity contribution in [2.45, 2.75) is 51.2 Å². The molecule has 0 amide bonds. The van der Waals surface area contributed by atoms with Gasteiger partial charge < -0.3 is 10.8 Å². The molecule has 0 aromatic rings. The lowest BCUT2D eigenvalue weighted by atomic mass is 9.46. The second-order valence-corrected chi connectivity index (χ2v) is 6.07. The summed E-state index contributed by atoms with van der Waals surface area (Å²) in [6.07, 6.45) is 6.24. The lowest BCUT2D eigenvalue weighted by Crippen LogP contribution is -2.61. The van der Waals surface area contributed by atoms with Crippen LogP contribution in [0.25, 0.3) is 0 Å². The van der Waals surface area contributed by atoms with Crippen molar-refractivity contribution in [3.8, 4) is 0 Å². The van der Waals surface area contributed by atoms with Crippen molar-refractivity contribution in [2.24, 2.45) is 28.9 Å². The van der Waals surface area contributed by atoms with E-state index >= 15 is 0 Å². The largest absolute Gasteiger partial charge is 0.392 e. The number of aliphatic hydroxyl groups is 1. The van der Waals surface area contributed by atoms with E-state index in [9.17, 15) is 5.11 Å². The Balaban J connectivity index is 1.97. The van der Waals surface area contributed by atoms with Gasteiger partial charge in [0.05, 0.1) is 6.10 Å². The van der Waals surface area contributed by atoms with Crippen LogP contribution in [0.3, 0.4) is 0 Å². The second-order valence-electron chi connectivity index (χ2n) is 6.07. The minimum Gasteiger partial charge on any atom is -0.392 e. The fourth-order valence-electron chi connectivity index (χ4n) is 4.72. The molecular formula is C12H21NO. The lowest BCUT2D eigenvalue weighted by Gasteiger charge is -2.61. The first-order valence-electron chi connectivity index (χ1n) is 6.05. The molecular weight excluding hydrogens is 174 g/mol. The van der Waals surface area contributed by atoms with Crippen LogP contribution in [0.1, 0.15) is 39.0 Å². The average Bonchev–Trinajstić information content (AvgIpc) is 2.12. The van der Waals surface area contributed by atoms with Crippen molar-refractivity contribution >= 4 is 0 Å². The van der Waals surface area contributed by atoms with Gasteiger partial charge in [-0.15, -0.1) is 0 Å². The van der Waals surface area contributed by atoms with Gasteiger partial charge in [-0.1, -0.05) is 0 Å². The molecule has 14 heavy (non-hydrogen) atoms. The first-order valence-corrected chi connectivity index (χ1v) is 6.05. The summed E-state index contributed by atoms with van der Waals surface area (Å²) in [6.45, 7) is 2.09. The maximum absolute atomic E-state index is 10.4. The molecule has 4 aliphatic rings. The van der Waals surface area contributed by atoms with Crippen LogP contribution in [0, 0.1) is 23.2 Å². The Bertz CT molecular complexity index is 237. The second kappa shape index (κ2) is 2.73. The molecule has 4 unspecified atom stereocenters. The van der Waals surface area contributed by atoms with Crippen LogP contribution >= 0.6 is 0 Å². The highest BCUT2D eigenvalue weighted by atomic mass is 16.3. The SMILES string of the molecule is CC(N)C12C[C@@H]3CC(C[C@@H](C3)C1)C2O. The Morgan fingerprint density at radius 2 is 1.79 bits per heavy atom. The van der Waals surface area contributed by atoms with Gasteiger partial charge in [0.1, 0.15) is 0 Å². The zero-order chi connectivity index (χ0) is 9.92. The highest BCUT2D eigenvalue weighted by Crippen LogP contribution is 2.60. The molecule has 0 aromatic heterocycles. The van der Waals surface area contributed by atoms with Crippen molar-refractivity contribution in [1.82, 2.24) is 0 Å². The van der Waals surface area contributed by atoms with Gasteiger partial charge in [0.25, 0.3) is 0 Å². The van der Waals surface area contributed by atoms with Crippen LogP contribution in [0.15, 0.2) is 0 Å². The van der Waals surface area contributed by atoms with Crippen LogP contribution in [-0.4, -0.2) is 17.3 Å². The minimum atomic E-state index is -0.102. The first kappa shape index (κ1) is 9.17. The van der Waals surface area contributed by atoms with E-state index < -0.39 is 0 Å².